The van der Waals surface area contributed by atoms with Gasteiger partial charge in [-0.1, -0.05) is 65.2 Å². The minimum absolute atomic E-state index is 0.0373. The molecule has 0 aromatic heterocycles. The number of aliphatic hydroxyl groups excluding tert-OH is 2. The van der Waals surface area contributed by atoms with Crippen LogP contribution >= 0.6 is 0 Å². The molecule has 0 aromatic carbocycles. The molecule has 0 saturated carbocycles. The quantitative estimate of drug-likeness (QED) is 0.420. The lowest BCUT2D eigenvalue weighted by molar-refractivity contribution is -0.155. The summed E-state index contributed by atoms with van der Waals surface area (Å²) >= 11 is 0. The average molecular weight is 499 g/mol. The molecular weight excluding hydrogens is 452 g/mol. The molecule has 0 aliphatic carbocycles. The summed E-state index contributed by atoms with van der Waals surface area (Å²) in [7, 11) is -4.45. The van der Waals surface area contributed by atoms with E-state index in [0.29, 0.717) is 0 Å². The molecule has 8 heteroatoms. The molecule has 0 unspecified atom stereocenters. The van der Waals surface area contributed by atoms with Crippen LogP contribution in [0.1, 0.15) is 55.4 Å². The van der Waals surface area contributed by atoms with E-state index in [1.807, 2.05) is 13.8 Å². The fourth-order valence-corrected chi connectivity index (χ4v) is 5.29. The van der Waals surface area contributed by atoms with Gasteiger partial charge in [-0.05, 0) is 50.1 Å². The highest BCUT2D eigenvalue weighted by molar-refractivity contribution is 6.74. The van der Waals surface area contributed by atoms with Crippen LogP contribution in [0.25, 0.3) is 0 Å². The van der Waals surface area contributed by atoms with E-state index < -0.39 is 46.8 Å². The first-order valence-corrected chi connectivity index (χ1v) is 17.5. The van der Waals surface area contributed by atoms with Gasteiger partial charge in [0.25, 0.3) is 0 Å². The molecule has 2 N–H and O–H groups in total. The first kappa shape index (κ1) is 30.3. The van der Waals surface area contributed by atoms with E-state index in [0.717, 1.165) is 0 Å². The molecule has 1 fully saturated rings. The first-order valence-electron chi connectivity index (χ1n) is 11.7. The van der Waals surface area contributed by atoms with Gasteiger partial charge in [0.2, 0.25) is 0 Å². The van der Waals surface area contributed by atoms with E-state index in [1.54, 1.807) is 0 Å². The number of aliphatic hydroxyl groups is 2. The van der Waals surface area contributed by atoms with Crippen LogP contribution in [-0.4, -0.2) is 70.3 Å². The summed E-state index contributed by atoms with van der Waals surface area (Å²) in [5.41, 5.74) is 0. The van der Waals surface area contributed by atoms with Crippen LogP contribution in [0.4, 0.5) is 0 Å². The lowest BCUT2D eigenvalue weighted by Gasteiger charge is -2.41. The van der Waals surface area contributed by atoms with Gasteiger partial charge in [-0.25, -0.2) is 0 Å². The average Bonchev–Trinajstić information content (AvgIpc) is 2.95. The summed E-state index contributed by atoms with van der Waals surface area (Å²) in [6.45, 7) is 24.8. The Balaban J connectivity index is 3.49. The van der Waals surface area contributed by atoms with Crippen LogP contribution in [0.5, 0.6) is 0 Å². The summed E-state index contributed by atoms with van der Waals surface area (Å²) in [5, 5.41) is 18.7. The molecule has 0 aromatic rings. The van der Waals surface area contributed by atoms with Crippen molar-refractivity contribution < 1.29 is 28.5 Å². The summed E-state index contributed by atoms with van der Waals surface area (Å²) in [4.78, 5) is 0. The van der Waals surface area contributed by atoms with Gasteiger partial charge in [-0.3, -0.25) is 0 Å². The fraction of sp³-hybridized carbons (Fsp3) is 0.840. The van der Waals surface area contributed by atoms with Crippen molar-refractivity contribution in [1.29, 1.82) is 0 Å². The van der Waals surface area contributed by atoms with E-state index in [2.05, 4.69) is 91.4 Å². The Labute approximate surface area is 204 Å². The summed E-state index contributed by atoms with van der Waals surface area (Å²) in [6, 6.07) is 0. The van der Waals surface area contributed by atoms with Crippen molar-refractivity contribution in [1.82, 2.24) is 0 Å². The van der Waals surface area contributed by atoms with Crippen molar-refractivity contribution in [3.8, 4) is 23.7 Å². The third-order valence-electron chi connectivity index (χ3n) is 6.86. The molecule has 4 atom stereocenters. The fourth-order valence-electron chi connectivity index (χ4n) is 2.92. The van der Waals surface area contributed by atoms with Gasteiger partial charge in [-0.15, -0.1) is 0 Å². The van der Waals surface area contributed by atoms with Crippen molar-refractivity contribution >= 4 is 16.6 Å². The molecule has 0 spiro atoms. The Bertz CT molecular complexity index is 707. The van der Waals surface area contributed by atoms with Gasteiger partial charge in [0, 0.05) is 0 Å². The molecule has 1 aliphatic heterocycles. The van der Waals surface area contributed by atoms with Gasteiger partial charge in [0.05, 0.1) is 0 Å². The Morgan fingerprint density at radius 3 is 1.30 bits per heavy atom. The van der Waals surface area contributed by atoms with Gasteiger partial charge >= 0.3 is 0 Å². The molecule has 1 heterocycles. The second kappa shape index (κ2) is 10.9. The van der Waals surface area contributed by atoms with Crippen LogP contribution in [-0.2, 0) is 18.3 Å². The highest BCUT2D eigenvalue weighted by Crippen LogP contribution is 2.42. The molecule has 0 bridgehead atoms. The Morgan fingerprint density at radius 2 is 1.06 bits per heavy atom. The third kappa shape index (κ3) is 8.19. The summed E-state index contributed by atoms with van der Waals surface area (Å²) < 4.78 is 26.0. The van der Waals surface area contributed by atoms with Crippen molar-refractivity contribution in [2.75, 3.05) is 13.2 Å². The topological polar surface area (TPSA) is 77.4 Å². The van der Waals surface area contributed by atoms with E-state index in [1.165, 1.54) is 0 Å². The second-order valence-corrected chi connectivity index (χ2v) is 21.6. The van der Waals surface area contributed by atoms with E-state index in [4.69, 9.17) is 18.3 Å². The third-order valence-corrected chi connectivity index (χ3v) is 15.8. The van der Waals surface area contributed by atoms with Gasteiger partial charge in [0.1, 0.15) is 37.6 Å². The van der Waals surface area contributed by atoms with Crippen LogP contribution in [0.3, 0.4) is 0 Å². The van der Waals surface area contributed by atoms with Gasteiger partial charge < -0.3 is 28.5 Å². The second-order valence-electron chi connectivity index (χ2n) is 12.1. The van der Waals surface area contributed by atoms with Crippen LogP contribution < -0.4 is 0 Å². The SMILES string of the molecule is CC1(C)O[C@@H]([C@H](C#CCO)O[Si](C)(C)C(C)(C)C)[C@H]([C@@H](C#CCO)O[Si](C)(C)C(C)(C)C)O1. The molecule has 1 saturated heterocycles. The Kier molecular flexibility index (Phi) is 10.0. The maximum Gasteiger partial charge on any atom is 0.193 e. The predicted octanol–water partition coefficient (Wildman–Crippen LogP) is 4.28. The lowest BCUT2D eigenvalue weighted by atomic mass is 10.0. The molecular formula is C25H46O6Si2. The van der Waals surface area contributed by atoms with E-state index >= 15 is 0 Å². The van der Waals surface area contributed by atoms with Crippen LogP contribution in [0.2, 0.25) is 36.3 Å². The molecule has 1 aliphatic rings. The number of rotatable bonds is 6. The molecule has 1 rings (SSSR count). The zero-order chi connectivity index (χ0) is 25.9. The Morgan fingerprint density at radius 1 is 0.758 bits per heavy atom. The normalized spacial score (nSPS) is 23.2. The maximum absolute atomic E-state index is 9.39. The van der Waals surface area contributed by atoms with Crippen molar-refractivity contribution in [3.05, 3.63) is 0 Å². The smallest absolute Gasteiger partial charge is 0.193 e. The monoisotopic (exact) mass is 498 g/mol. The molecule has 0 radical (unpaired) electrons. The minimum atomic E-state index is -2.23. The maximum atomic E-state index is 9.39. The van der Waals surface area contributed by atoms with E-state index in [-0.39, 0.29) is 23.3 Å². The molecule has 33 heavy (non-hydrogen) atoms. The zero-order valence-corrected chi connectivity index (χ0v) is 24.8. The first-order chi connectivity index (χ1) is 14.8. The van der Waals surface area contributed by atoms with E-state index in [9.17, 15) is 10.2 Å². The summed E-state index contributed by atoms with van der Waals surface area (Å²) in [6.07, 6.45) is -2.38. The lowest BCUT2D eigenvalue weighted by Crippen LogP contribution is -2.53. The zero-order valence-electron chi connectivity index (χ0n) is 22.8. The highest BCUT2D eigenvalue weighted by atomic mass is 28.4. The van der Waals surface area contributed by atoms with Crippen molar-refractivity contribution in [3.63, 3.8) is 0 Å². The van der Waals surface area contributed by atoms with Crippen LogP contribution in [0, 0.1) is 23.7 Å². The standard InChI is InChI=1S/C25H46O6Si2/c1-23(2,3)32(9,10)30-19(15-13-17-26)21-22(29-25(7,8)28-21)20(16-14-18-27)31-33(11,12)24(4,5)6/h19-22,26-27H,17-18H2,1-12H3/t19-,20+,21-,22-/m0/s1. The number of hydrogen-bond donors (Lipinski definition) is 2. The van der Waals surface area contributed by atoms with Crippen molar-refractivity contribution in [2.45, 2.75) is 122 Å². The minimum Gasteiger partial charge on any atom is -0.401 e. The molecule has 0 amide bonds. The number of ether oxygens (including phenoxy) is 2. The van der Waals surface area contributed by atoms with Crippen LogP contribution in [0.15, 0.2) is 0 Å². The number of hydrogen-bond acceptors (Lipinski definition) is 6. The van der Waals surface area contributed by atoms with Gasteiger partial charge in [-0.2, -0.15) is 0 Å². The summed E-state index contributed by atoms with van der Waals surface area (Å²) in [5.74, 6) is 10.8. The molecule has 190 valence electrons. The predicted molar refractivity (Wildman–Crippen MR) is 138 cm³/mol. The van der Waals surface area contributed by atoms with Crippen molar-refractivity contribution in [2.24, 2.45) is 0 Å². The largest absolute Gasteiger partial charge is 0.401 e. The highest BCUT2D eigenvalue weighted by Gasteiger charge is 2.53. The molecule has 6 nitrogen and oxygen atoms in total. The van der Waals surface area contributed by atoms with Gasteiger partial charge in [0.15, 0.2) is 22.4 Å². The Hall–Kier alpha value is -0.686.